The topological polar surface area (TPSA) is 0 Å². The molecule has 0 saturated carbocycles. The lowest BCUT2D eigenvalue weighted by atomic mass is 10.00. The van der Waals surface area contributed by atoms with Crippen LogP contribution in [-0.2, 0) is 0 Å². The van der Waals surface area contributed by atoms with E-state index >= 15 is 0 Å². The molecule has 1 unspecified atom stereocenters. The highest BCUT2D eigenvalue weighted by molar-refractivity contribution is 9.09. The highest BCUT2D eigenvalue weighted by atomic mass is 79.9. The van der Waals surface area contributed by atoms with Gasteiger partial charge in [0, 0.05) is 9.72 Å². The molecule has 0 radical (unpaired) electrons. The van der Waals surface area contributed by atoms with Gasteiger partial charge in [0.05, 0.1) is 4.83 Å². The zero-order chi connectivity index (χ0) is 13.4. The molecule has 0 bridgehead atoms. The Morgan fingerprint density at radius 1 is 1.11 bits per heavy atom. The molecular formula is C16H12BrClS. The Balaban J connectivity index is 2.13. The van der Waals surface area contributed by atoms with Crippen molar-refractivity contribution in [2.45, 2.75) is 11.8 Å². The van der Waals surface area contributed by atoms with Crippen LogP contribution in [0.2, 0.25) is 5.02 Å². The van der Waals surface area contributed by atoms with E-state index in [1.54, 1.807) is 11.3 Å². The standard InChI is InChI=1S/C16H12BrClS/c1-10-6-7-11(18)8-13(10)16(17)14-9-19-15-5-3-2-4-12(14)15/h2-9,16H,1H3. The lowest BCUT2D eigenvalue weighted by molar-refractivity contribution is 1.17. The molecule has 1 aromatic heterocycles. The largest absolute Gasteiger partial charge is 0.143 e. The van der Waals surface area contributed by atoms with Gasteiger partial charge >= 0.3 is 0 Å². The van der Waals surface area contributed by atoms with Crippen LogP contribution in [-0.4, -0.2) is 0 Å². The smallest absolute Gasteiger partial charge is 0.0661 e. The van der Waals surface area contributed by atoms with Gasteiger partial charge in [-0.05, 0) is 52.6 Å². The number of fused-ring (bicyclic) bond motifs is 1. The number of aryl methyl sites for hydroxylation is 1. The fraction of sp³-hybridized carbons (Fsp3) is 0.125. The summed E-state index contributed by atoms with van der Waals surface area (Å²) in [7, 11) is 0. The van der Waals surface area contributed by atoms with Crippen LogP contribution in [0.1, 0.15) is 21.5 Å². The van der Waals surface area contributed by atoms with Crippen molar-refractivity contribution < 1.29 is 0 Å². The molecular weight excluding hydrogens is 340 g/mol. The van der Waals surface area contributed by atoms with Gasteiger partial charge in [-0.15, -0.1) is 11.3 Å². The summed E-state index contributed by atoms with van der Waals surface area (Å²) >= 11 is 11.7. The number of benzene rings is 2. The molecule has 19 heavy (non-hydrogen) atoms. The molecule has 0 amide bonds. The average Bonchev–Trinajstić information content (AvgIpc) is 2.84. The molecule has 1 atom stereocenters. The molecule has 0 aliphatic rings. The van der Waals surface area contributed by atoms with Gasteiger partial charge in [0.1, 0.15) is 0 Å². The number of halogens is 2. The fourth-order valence-corrected chi connectivity index (χ4v) is 4.46. The highest BCUT2D eigenvalue weighted by Crippen LogP contribution is 2.40. The van der Waals surface area contributed by atoms with E-state index in [1.807, 2.05) is 12.1 Å². The van der Waals surface area contributed by atoms with E-state index in [0.717, 1.165) is 5.02 Å². The first-order valence-corrected chi connectivity index (χ1v) is 8.20. The Labute approximate surface area is 130 Å². The van der Waals surface area contributed by atoms with Crippen molar-refractivity contribution in [1.29, 1.82) is 0 Å². The molecule has 0 aliphatic heterocycles. The van der Waals surface area contributed by atoms with Gasteiger partial charge in [-0.1, -0.05) is 51.8 Å². The number of hydrogen-bond acceptors (Lipinski definition) is 1. The van der Waals surface area contributed by atoms with Crippen molar-refractivity contribution in [3.8, 4) is 0 Å². The number of rotatable bonds is 2. The second-order valence-electron chi connectivity index (χ2n) is 4.55. The molecule has 0 aliphatic carbocycles. The van der Waals surface area contributed by atoms with Crippen LogP contribution < -0.4 is 0 Å². The maximum absolute atomic E-state index is 6.12. The van der Waals surface area contributed by atoms with Crippen molar-refractivity contribution in [3.05, 3.63) is 69.6 Å². The van der Waals surface area contributed by atoms with E-state index < -0.39 is 0 Å². The van der Waals surface area contributed by atoms with Crippen LogP contribution in [0.3, 0.4) is 0 Å². The van der Waals surface area contributed by atoms with E-state index in [2.05, 4.69) is 58.6 Å². The Morgan fingerprint density at radius 2 is 1.89 bits per heavy atom. The van der Waals surface area contributed by atoms with Crippen LogP contribution in [0.25, 0.3) is 10.1 Å². The summed E-state index contributed by atoms with van der Waals surface area (Å²) in [6.45, 7) is 2.12. The monoisotopic (exact) mass is 350 g/mol. The van der Waals surface area contributed by atoms with Crippen molar-refractivity contribution in [3.63, 3.8) is 0 Å². The van der Waals surface area contributed by atoms with Crippen molar-refractivity contribution in [2.24, 2.45) is 0 Å². The summed E-state index contributed by atoms with van der Waals surface area (Å²) < 4.78 is 1.32. The first-order chi connectivity index (χ1) is 9.16. The van der Waals surface area contributed by atoms with Gasteiger partial charge in [0.2, 0.25) is 0 Å². The number of thiophene rings is 1. The second kappa shape index (κ2) is 5.28. The molecule has 96 valence electrons. The summed E-state index contributed by atoms with van der Waals surface area (Å²) in [6.07, 6.45) is 0. The minimum atomic E-state index is 0.183. The summed E-state index contributed by atoms with van der Waals surface area (Å²) in [6, 6.07) is 14.6. The molecule has 3 rings (SSSR count). The van der Waals surface area contributed by atoms with Gasteiger partial charge in [-0.25, -0.2) is 0 Å². The average molecular weight is 352 g/mol. The SMILES string of the molecule is Cc1ccc(Cl)cc1C(Br)c1csc2ccccc12. The molecule has 0 fully saturated rings. The van der Waals surface area contributed by atoms with Crippen molar-refractivity contribution in [1.82, 2.24) is 0 Å². The zero-order valence-corrected chi connectivity index (χ0v) is 13.5. The number of hydrogen-bond donors (Lipinski definition) is 0. The summed E-state index contributed by atoms with van der Waals surface area (Å²) in [5, 5.41) is 4.32. The van der Waals surface area contributed by atoms with E-state index in [-0.39, 0.29) is 4.83 Å². The van der Waals surface area contributed by atoms with Crippen LogP contribution in [0.5, 0.6) is 0 Å². The summed E-state index contributed by atoms with van der Waals surface area (Å²) in [5.41, 5.74) is 3.79. The molecule has 0 saturated heterocycles. The molecule has 2 aromatic carbocycles. The highest BCUT2D eigenvalue weighted by Gasteiger charge is 2.17. The molecule has 1 heterocycles. The van der Waals surface area contributed by atoms with Crippen molar-refractivity contribution >= 4 is 49.0 Å². The van der Waals surface area contributed by atoms with Crippen LogP contribution >= 0.6 is 38.9 Å². The lowest BCUT2D eigenvalue weighted by Crippen LogP contribution is -1.95. The molecule has 3 aromatic rings. The van der Waals surface area contributed by atoms with Gasteiger partial charge in [0.25, 0.3) is 0 Å². The molecule has 0 N–H and O–H groups in total. The Bertz CT molecular complexity index is 732. The third-order valence-corrected chi connectivity index (χ3v) is 5.50. The minimum Gasteiger partial charge on any atom is -0.143 e. The lowest BCUT2D eigenvalue weighted by Gasteiger charge is -2.13. The zero-order valence-electron chi connectivity index (χ0n) is 10.4. The van der Waals surface area contributed by atoms with E-state index in [9.17, 15) is 0 Å². The van der Waals surface area contributed by atoms with Gasteiger partial charge in [-0.2, -0.15) is 0 Å². The first-order valence-electron chi connectivity index (χ1n) is 6.03. The quantitative estimate of drug-likeness (QED) is 0.472. The fourth-order valence-electron chi connectivity index (χ4n) is 2.25. The maximum atomic E-state index is 6.12. The summed E-state index contributed by atoms with van der Waals surface area (Å²) in [4.78, 5) is 0.183. The van der Waals surface area contributed by atoms with Crippen LogP contribution in [0, 0.1) is 6.92 Å². The second-order valence-corrected chi connectivity index (χ2v) is 6.81. The maximum Gasteiger partial charge on any atom is 0.0661 e. The third kappa shape index (κ3) is 2.45. The molecule has 3 heteroatoms. The van der Waals surface area contributed by atoms with Crippen LogP contribution in [0.15, 0.2) is 47.8 Å². The first kappa shape index (κ1) is 13.2. The summed E-state index contributed by atoms with van der Waals surface area (Å²) in [5.74, 6) is 0. The van der Waals surface area contributed by atoms with E-state index in [1.165, 1.54) is 26.8 Å². The Morgan fingerprint density at radius 3 is 2.74 bits per heavy atom. The third-order valence-electron chi connectivity index (χ3n) is 3.30. The normalized spacial score (nSPS) is 12.8. The van der Waals surface area contributed by atoms with Crippen molar-refractivity contribution in [2.75, 3.05) is 0 Å². The van der Waals surface area contributed by atoms with Crippen LogP contribution in [0.4, 0.5) is 0 Å². The molecule has 0 nitrogen and oxygen atoms in total. The van der Waals surface area contributed by atoms with E-state index in [0.29, 0.717) is 0 Å². The van der Waals surface area contributed by atoms with E-state index in [4.69, 9.17) is 11.6 Å². The minimum absolute atomic E-state index is 0.183. The van der Waals surface area contributed by atoms with Gasteiger partial charge in [0.15, 0.2) is 0 Å². The Kier molecular flexibility index (Phi) is 3.66. The predicted molar refractivity (Wildman–Crippen MR) is 88.8 cm³/mol. The number of alkyl halides is 1. The molecule has 0 spiro atoms. The Hall–Kier alpha value is -0.830. The predicted octanol–water partition coefficient (Wildman–Crippen LogP) is 6.35. The van der Waals surface area contributed by atoms with Gasteiger partial charge in [-0.3, -0.25) is 0 Å². The van der Waals surface area contributed by atoms with Gasteiger partial charge < -0.3 is 0 Å².